The first kappa shape index (κ1) is 40.0. The van der Waals surface area contributed by atoms with Gasteiger partial charge < -0.3 is 25.2 Å². The van der Waals surface area contributed by atoms with E-state index in [4.69, 9.17) is 31.0 Å². The number of nitrogens with one attached hydrogen (secondary N) is 2. The van der Waals surface area contributed by atoms with Gasteiger partial charge in [-0.1, -0.05) is 86.1 Å². The fourth-order valence-corrected chi connectivity index (χ4v) is 7.80. The van der Waals surface area contributed by atoms with Gasteiger partial charge in [-0.2, -0.15) is 5.10 Å². The van der Waals surface area contributed by atoms with Crippen LogP contribution >= 0.6 is 11.6 Å². The number of hydrogen-bond acceptors (Lipinski definition) is 13. The molecule has 0 fully saturated rings. The number of aryl methyl sites for hydroxylation is 1. The lowest BCUT2D eigenvalue weighted by atomic mass is 9.94. The number of pyridine rings is 3. The average Bonchev–Trinajstić information content (AvgIpc) is 4.04. The van der Waals surface area contributed by atoms with Crippen LogP contribution in [-0.2, 0) is 16.6 Å². The van der Waals surface area contributed by atoms with Crippen molar-refractivity contribution in [2.24, 2.45) is 18.0 Å². The lowest BCUT2D eigenvalue weighted by Gasteiger charge is -2.24. The smallest absolute Gasteiger partial charge is 0.308 e. The molecule has 1 aliphatic heterocycles. The van der Waals surface area contributed by atoms with Gasteiger partial charge in [0.15, 0.2) is 5.75 Å². The molecule has 15 heteroatoms. The van der Waals surface area contributed by atoms with Gasteiger partial charge in [0, 0.05) is 71.9 Å². The maximum Gasteiger partial charge on any atom is 0.308 e. The number of aromatic hydroxyl groups is 1. The number of halogens is 1. The molecule has 3 atom stereocenters. The van der Waals surface area contributed by atoms with Crippen LogP contribution in [0.25, 0.3) is 33.2 Å². The van der Waals surface area contributed by atoms with Gasteiger partial charge in [-0.15, -0.1) is 0 Å². The predicted molar refractivity (Wildman–Crippen MR) is 238 cm³/mol. The number of aromatic nitrogens is 7. The fourth-order valence-electron chi connectivity index (χ4n) is 7.46. The fraction of sp³-hybridized carbons (Fsp3) is 0.191. The van der Waals surface area contributed by atoms with Crippen molar-refractivity contribution in [3.05, 3.63) is 155 Å². The maximum atomic E-state index is 12.5. The van der Waals surface area contributed by atoms with Gasteiger partial charge in [0.25, 0.3) is 0 Å². The van der Waals surface area contributed by atoms with Gasteiger partial charge in [0.2, 0.25) is 12.7 Å². The second kappa shape index (κ2) is 17.3. The molecule has 14 nitrogen and oxygen atoms in total. The molecular weight excluding hydrogens is 804 g/mol. The molecule has 0 amide bonds. The highest BCUT2D eigenvalue weighted by Gasteiger charge is 2.28. The molecule has 6 heterocycles. The minimum Gasteiger partial charge on any atom is -0.505 e. The van der Waals surface area contributed by atoms with Gasteiger partial charge in [0.05, 0.1) is 34.2 Å². The first-order chi connectivity index (χ1) is 30.2. The molecule has 3 unspecified atom stereocenters. The molecular formula is C47H41ClN10O4. The van der Waals surface area contributed by atoms with E-state index in [0.717, 1.165) is 33.2 Å². The second-order valence-electron chi connectivity index (χ2n) is 15.2. The minimum atomic E-state index is -0.640. The largest absolute Gasteiger partial charge is 0.505 e. The first-order valence-electron chi connectivity index (χ1n) is 20.1. The molecule has 3 aromatic carbocycles. The van der Waals surface area contributed by atoms with Gasteiger partial charge in [-0.3, -0.25) is 19.5 Å². The standard InChI is InChI=1S/C47H41ClN10O4/c1-27(2)24-39(59)61-26-62-46-33(17-14-28-8-6-20-49-42(28)46)44(37-19-23-53-58(37)3)56-38-12-5-11-34(54-38)35-18-15-29-13-16-32(45(60)41(29)55-35)43(57-47-50-21-7-22-51-47)31-10-4-9-30(40(31)48)36-25-52-36/h4-23,25,27,36,43-44,60H,24,26H2,1-3H3,(H,54,56)(H,50,51,57). The number of anilines is 2. The Morgan fingerprint density at radius 2 is 1.52 bits per heavy atom. The highest BCUT2D eigenvalue weighted by atomic mass is 35.5. The normalized spacial score (nSPS) is 14.2. The van der Waals surface area contributed by atoms with E-state index in [2.05, 4.69) is 35.7 Å². The molecule has 5 aromatic heterocycles. The summed E-state index contributed by atoms with van der Waals surface area (Å²) in [7, 11) is 1.86. The number of phenolic OH excluding ortho intramolecular Hbond substituents is 1. The van der Waals surface area contributed by atoms with Gasteiger partial charge in [-0.25, -0.2) is 19.9 Å². The Morgan fingerprint density at radius 3 is 2.29 bits per heavy atom. The summed E-state index contributed by atoms with van der Waals surface area (Å²) in [5.74, 6) is 1.13. The molecule has 3 N–H and O–H groups in total. The molecule has 0 aliphatic carbocycles. The molecule has 0 bridgehead atoms. The molecule has 0 saturated carbocycles. The molecule has 0 saturated heterocycles. The number of benzene rings is 3. The van der Waals surface area contributed by atoms with E-state index < -0.39 is 12.1 Å². The SMILES string of the molecule is CC(C)CC(=O)OCOc1c(C(Nc2cccc(-c3ccc4ccc(C(Nc5ncccn5)c5cccc(C6C=N6)c5Cl)c(O)c4n3)n2)c2ccnn2C)ccc2cccnc12. The van der Waals surface area contributed by atoms with Crippen molar-refractivity contribution < 1.29 is 19.4 Å². The number of rotatable bonds is 15. The molecule has 310 valence electrons. The van der Waals surface area contributed by atoms with Crippen LogP contribution in [-0.4, -0.2) is 58.8 Å². The van der Waals surface area contributed by atoms with Crippen LogP contribution in [0.1, 0.15) is 66.3 Å². The summed E-state index contributed by atoms with van der Waals surface area (Å²) >= 11 is 7.04. The average molecular weight is 845 g/mol. The van der Waals surface area contributed by atoms with E-state index in [0.29, 0.717) is 50.5 Å². The van der Waals surface area contributed by atoms with E-state index in [1.54, 1.807) is 35.5 Å². The summed E-state index contributed by atoms with van der Waals surface area (Å²) < 4.78 is 13.5. The van der Waals surface area contributed by atoms with Crippen LogP contribution in [0.2, 0.25) is 5.02 Å². The van der Waals surface area contributed by atoms with Crippen LogP contribution in [0.15, 0.2) is 127 Å². The summed E-state index contributed by atoms with van der Waals surface area (Å²) in [4.78, 5) is 40.3. The van der Waals surface area contributed by atoms with Crippen LogP contribution in [0.4, 0.5) is 11.8 Å². The number of esters is 1. The third kappa shape index (κ3) is 8.32. The van der Waals surface area contributed by atoms with Crippen LogP contribution in [0, 0.1) is 5.92 Å². The summed E-state index contributed by atoms with van der Waals surface area (Å²) in [5, 5.41) is 25.7. The van der Waals surface area contributed by atoms with E-state index in [1.807, 2.05) is 118 Å². The molecule has 9 rings (SSSR count). The number of carbonyl (C=O) groups excluding carboxylic acids is 1. The van der Waals surface area contributed by atoms with Gasteiger partial charge in [-0.05, 0) is 47.9 Å². The highest BCUT2D eigenvalue weighted by molar-refractivity contribution is 6.32. The Morgan fingerprint density at radius 1 is 0.774 bits per heavy atom. The Hall–Kier alpha value is -7.45. The monoisotopic (exact) mass is 844 g/mol. The van der Waals surface area contributed by atoms with Crippen LogP contribution in [0.3, 0.4) is 0 Å². The van der Waals surface area contributed by atoms with Crippen molar-refractivity contribution in [1.82, 2.24) is 34.7 Å². The van der Waals surface area contributed by atoms with Crippen LogP contribution in [0.5, 0.6) is 11.5 Å². The zero-order chi connectivity index (χ0) is 42.7. The van der Waals surface area contributed by atoms with E-state index in [9.17, 15) is 9.90 Å². The predicted octanol–water partition coefficient (Wildman–Crippen LogP) is 9.18. The lowest BCUT2D eigenvalue weighted by Crippen LogP contribution is -2.19. The molecule has 0 radical (unpaired) electrons. The number of carbonyl (C=O) groups is 1. The number of nitrogens with zero attached hydrogens (tertiary/aromatic N) is 8. The molecule has 8 aromatic rings. The van der Waals surface area contributed by atoms with E-state index in [1.165, 1.54) is 0 Å². The quantitative estimate of drug-likeness (QED) is 0.0660. The Balaban J connectivity index is 1.07. The lowest BCUT2D eigenvalue weighted by molar-refractivity contribution is -0.151. The van der Waals surface area contributed by atoms with Crippen LogP contribution < -0.4 is 15.4 Å². The maximum absolute atomic E-state index is 12.5. The zero-order valence-electron chi connectivity index (χ0n) is 34.0. The summed E-state index contributed by atoms with van der Waals surface area (Å²) in [5.41, 5.74) is 5.77. The minimum absolute atomic E-state index is 0.0280. The first-order valence-corrected chi connectivity index (χ1v) is 20.5. The van der Waals surface area contributed by atoms with Crippen molar-refractivity contribution in [2.75, 3.05) is 17.4 Å². The second-order valence-corrected chi connectivity index (χ2v) is 15.6. The Kier molecular flexibility index (Phi) is 11.1. The number of hydrogen-bond donors (Lipinski definition) is 3. The molecule has 1 aliphatic rings. The third-order valence-electron chi connectivity index (χ3n) is 10.5. The topological polar surface area (TPSA) is 174 Å². The molecule has 0 spiro atoms. The van der Waals surface area contributed by atoms with E-state index in [-0.39, 0.29) is 36.9 Å². The number of phenols is 1. The van der Waals surface area contributed by atoms with Crippen molar-refractivity contribution in [3.8, 4) is 22.9 Å². The summed E-state index contributed by atoms with van der Waals surface area (Å²) in [6.07, 6.45) is 8.83. The number of aliphatic imine (C=N–C) groups is 1. The van der Waals surface area contributed by atoms with Gasteiger partial charge in [0.1, 0.15) is 28.6 Å². The highest BCUT2D eigenvalue weighted by Crippen LogP contribution is 2.42. The third-order valence-corrected chi connectivity index (χ3v) is 11.0. The van der Waals surface area contributed by atoms with Crippen molar-refractivity contribution in [2.45, 2.75) is 38.4 Å². The summed E-state index contributed by atoms with van der Waals surface area (Å²) in [6, 6.07) is 29.1. The number of fused-ring (bicyclic) bond motifs is 2. The number of ether oxygens (including phenoxy) is 2. The molecule has 62 heavy (non-hydrogen) atoms. The van der Waals surface area contributed by atoms with Crippen molar-refractivity contribution in [1.29, 1.82) is 0 Å². The van der Waals surface area contributed by atoms with Crippen molar-refractivity contribution >= 4 is 57.4 Å². The van der Waals surface area contributed by atoms with E-state index >= 15 is 0 Å². The Bertz CT molecular complexity index is 2950. The van der Waals surface area contributed by atoms with Gasteiger partial charge >= 0.3 is 5.97 Å². The van der Waals surface area contributed by atoms with Crippen molar-refractivity contribution in [3.63, 3.8) is 0 Å². The zero-order valence-corrected chi connectivity index (χ0v) is 34.7. The summed E-state index contributed by atoms with van der Waals surface area (Å²) in [6.45, 7) is 3.63. The Labute approximate surface area is 361 Å².